The van der Waals surface area contributed by atoms with E-state index in [0.717, 1.165) is 9.47 Å². The molecule has 0 saturated carbocycles. The van der Waals surface area contributed by atoms with Gasteiger partial charge in [0.15, 0.2) is 6.61 Å². The summed E-state index contributed by atoms with van der Waals surface area (Å²) in [5.74, 6) is -3.60. The van der Waals surface area contributed by atoms with Crippen molar-refractivity contribution >= 4 is 29.4 Å². The maximum atomic E-state index is 12.4. The predicted molar refractivity (Wildman–Crippen MR) is 103 cm³/mol. The number of benzene rings is 1. The van der Waals surface area contributed by atoms with Crippen LogP contribution in [0.4, 0.5) is 5.82 Å². The second-order valence-electron chi connectivity index (χ2n) is 6.70. The van der Waals surface area contributed by atoms with Crippen LogP contribution in [0.25, 0.3) is 0 Å². The number of aromatic nitrogens is 2. The molecule has 30 heavy (non-hydrogen) atoms. The maximum Gasteiger partial charge on any atom is 0.332 e. The number of fused-ring (bicyclic) bond motifs is 1. The molecule has 0 saturated heterocycles. The van der Waals surface area contributed by atoms with Gasteiger partial charge in [0.05, 0.1) is 11.1 Å². The summed E-state index contributed by atoms with van der Waals surface area (Å²) in [6.07, 6.45) is 0. The number of nitrogens with two attached hydrogens (primary N) is 1. The first-order chi connectivity index (χ1) is 14.1. The van der Waals surface area contributed by atoms with Gasteiger partial charge in [-0.05, 0) is 19.1 Å². The van der Waals surface area contributed by atoms with E-state index >= 15 is 0 Å². The van der Waals surface area contributed by atoms with Crippen LogP contribution >= 0.6 is 0 Å². The van der Waals surface area contributed by atoms with E-state index in [2.05, 4.69) is 0 Å². The fraction of sp³-hybridized carbons (Fsp3) is 0.263. The number of Topliss-reactive ketones (excluding diaryl/α,β-unsaturated/α-hetero) is 1. The first kappa shape index (κ1) is 20.7. The van der Waals surface area contributed by atoms with E-state index < -0.39 is 53.0 Å². The van der Waals surface area contributed by atoms with E-state index in [1.54, 1.807) is 12.1 Å². The topological polar surface area (TPSA) is 151 Å². The number of hydrogen-bond acceptors (Lipinski definition) is 8. The molecule has 0 unspecified atom stereocenters. The van der Waals surface area contributed by atoms with Gasteiger partial charge in [0.2, 0.25) is 5.78 Å². The number of nitrogen functional groups attached to an aromatic ring is 1. The van der Waals surface area contributed by atoms with Crippen LogP contribution in [0, 0.1) is 0 Å². The molecular weight excluding hydrogens is 396 g/mol. The van der Waals surface area contributed by atoms with Crippen LogP contribution in [0.2, 0.25) is 0 Å². The summed E-state index contributed by atoms with van der Waals surface area (Å²) in [5.41, 5.74) is 3.89. The lowest BCUT2D eigenvalue weighted by molar-refractivity contribution is -0.146. The number of carbonyl (C=O) groups excluding carboxylic acids is 4. The minimum Gasteiger partial charge on any atom is -0.456 e. The number of esters is 1. The van der Waals surface area contributed by atoms with Gasteiger partial charge in [0.1, 0.15) is 17.4 Å². The molecule has 0 aliphatic carbocycles. The molecule has 0 bridgehead atoms. The Bertz CT molecular complexity index is 1190. The number of nitrogens with zero attached hydrogens (tertiary/aromatic N) is 3. The number of anilines is 1. The fourth-order valence-corrected chi connectivity index (χ4v) is 3.12. The Morgan fingerprint density at radius 1 is 1.00 bits per heavy atom. The normalized spacial score (nSPS) is 13.9. The van der Waals surface area contributed by atoms with E-state index in [4.69, 9.17) is 10.5 Å². The minimum absolute atomic E-state index is 0.166. The standard InChI is InChI=1S/C19H18N4O7/c1-9(23-15(25)10-6-4-5-7-11(10)16(23)26)18(28)30-8-12(24)13-14(20)21(2)19(29)22(3)17(13)27/h4-7,9H,8,20H2,1-3H3/t9-/m1/s1. The number of carbonyl (C=O) groups is 4. The smallest absolute Gasteiger partial charge is 0.332 e. The summed E-state index contributed by atoms with van der Waals surface area (Å²) < 4.78 is 6.54. The molecule has 0 radical (unpaired) electrons. The minimum atomic E-state index is -1.30. The summed E-state index contributed by atoms with van der Waals surface area (Å²) in [6.45, 7) is 0.429. The monoisotopic (exact) mass is 414 g/mol. The largest absolute Gasteiger partial charge is 0.456 e. The molecule has 1 aromatic carbocycles. The van der Waals surface area contributed by atoms with E-state index in [-0.39, 0.29) is 16.9 Å². The van der Waals surface area contributed by atoms with E-state index in [1.165, 1.54) is 33.2 Å². The third-order valence-corrected chi connectivity index (χ3v) is 4.89. The van der Waals surface area contributed by atoms with Crippen molar-refractivity contribution in [3.63, 3.8) is 0 Å². The quantitative estimate of drug-likeness (QED) is 0.375. The van der Waals surface area contributed by atoms with Crippen LogP contribution < -0.4 is 17.0 Å². The van der Waals surface area contributed by atoms with Crippen LogP contribution in [-0.4, -0.2) is 50.2 Å². The number of rotatable bonds is 5. The lowest BCUT2D eigenvalue weighted by Gasteiger charge is -2.20. The Morgan fingerprint density at radius 3 is 2.07 bits per heavy atom. The lowest BCUT2D eigenvalue weighted by Crippen LogP contribution is -2.45. The molecule has 2 aromatic rings. The molecule has 1 atom stereocenters. The molecule has 11 nitrogen and oxygen atoms in total. The summed E-state index contributed by atoms with van der Waals surface area (Å²) in [4.78, 5) is 74.5. The molecule has 2 N–H and O–H groups in total. The highest BCUT2D eigenvalue weighted by Gasteiger charge is 2.41. The Labute approximate surface area is 169 Å². The maximum absolute atomic E-state index is 12.4. The van der Waals surface area contributed by atoms with Crippen LogP contribution in [-0.2, 0) is 23.6 Å². The van der Waals surface area contributed by atoms with E-state index in [1.807, 2.05) is 0 Å². The number of imide groups is 1. The molecule has 0 fully saturated rings. The second kappa shape index (κ2) is 7.43. The van der Waals surface area contributed by atoms with Crippen LogP contribution in [0.3, 0.4) is 0 Å². The number of ether oxygens (including phenoxy) is 1. The molecule has 156 valence electrons. The fourth-order valence-electron chi connectivity index (χ4n) is 3.12. The van der Waals surface area contributed by atoms with Crippen LogP contribution in [0.15, 0.2) is 33.9 Å². The third kappa shape index (κ3) is 3.09. The van der Waals surface area contributed by atoms with Crippen molar-refractivity contribution in [1.29, 1.82) is 0 Å². The SMILES string of the molecule is C[C@H](C(=O)OCC(=O)c1c(N)n(C)c(=O)n(C)c1=O)N1C(=O)c2ccccc2C1=O. The zero-order valence-electron chi connectivity index (χ0n) is 16.4. The molecule has 1 aliphatic rings. The van der Waals surface area contributed by atoms with Gasteiger partial charge in [-0.2, -0.15) is 0 Å². The zero-order valence-corrected chi connectivity index (χ0v) is 16.4. The van der Waals surface area contributed by atoms with E-state index in [0.29, 0.717) is 4.57 Å². The Balaban J connectivity index is 1.76. The van der Waals surface area contributed by atoms with Gasteiger partial charge in [-0.25, -0.2) is 9.59 Å². The van der Waals surface area contributed by atoms with Crippen molar-refractivity contribution in [1.82, 2.24) is 14.0 Å². The zero-order chi connectivity index (χ0) is 22.3. The molecule has 1 aromatic heterocycles. The Morgan fingerprint density at radius 2 is 1.53 bits per heavy atom. The summed E-state index contributed by atoms with van der Waals surface area (Å²) in [6, 6.07) is 4.82. The molecule has 3 rings (SSSR count). The predicted octanol–water partition coefficient (Wildman–Crippen LogP) is -0.923. The summed E-state index contributed by atoms with van der Waals surface area (Å²) >= 11 is 0. The number of amides is 2. The average Bonchev–Trinajstić information content (AvgIpc) is 2.99. The Hall–Kier alpha value is -4.02. The molecule has 11 heteroatoms. The van der Waals surface area contributed by atoms with Crippen molar-refractivity contribution < 1.29 is 23.9 Å². The van der Waals surface area contributed by atoms with Crippen LogP contribution in [0.5, 0.6) is 0 Å². The van der Waals surface area contributed by atoms with Crippen molar-refractivity contribution in [2.75, 3.05) is 12.3 Å². The molecule has 0 spiro atoms. The van der Waals surface area contributed by atoms with Gasteiger partial charge >= 0.3 is 11.7 Å². The summed E-state index contributed by atoms with van der Waals surface area (Å²) in [5, 5.41) is 0. The first-order valence-corrected chi connectivity index (χ1v) is 8.80. The molecule has 1 aliphatic heterocycles. The molecule has 2 heterocycles. The Kier molecular flexibility index (Phi) is 5.13. The lowest BCUT2D eigenvalue weighted by atomic mass is 10.1. The third-order valence-electron chi connectivity index (χ3n) is 4.89. The molecular formula is C19H18N4O7. The second-order valence-corrected chi connectivity index (χ2v) is 6.70. The number of hydrogen-bond donors (Lipinski definition) is 1. The highest BCUT2D eigenvalue weighted by atomic mass is 16.5. The number of ketones is 1. The first-order valence-electron chi connectivity index (χ1n) is 8.80. The van der Waals surface area contributed by atoms with Crippen molar-refractivity contribution in [3.8, 4) is 0 Å². The van der Waals surface area contributed by atoms with Gasteiger partial charge in [-0.1, -0.05) is 12.1 Å². The van der Waals surface area contributed by atoms with E-state index in [9.17, 15) is 28.8 Å². The van der Waals surface area contributed by atoms with Crippen molar-refractivity contribution in [2.24, 2.45) is 14.1 Å². The highest BCUT2D eigenvalue weighted by Crippen LogP contribution is 2.24. The molecule has 2 amide bonds. The van der Waals surface area contributed by atoms with Crippen molar-refractivity contribution in [2.45, 2.75) is 13.0 Å². The van der Waals surface area contributed by atoms with Crippen molar-refractivity contribution in [3.05, 3.63) is 61.8 Å². The highest BCUT2D eigenvalue weighted by molar-refractivity contribution is 6.22. The van der Waals surface area contributed by atoms with Gasteiger partial charge in [-0.15, -0.1) is 0 Å². The van der Waals surface area contributed by atoms with Crippen LogP contribution in [0.1, 0.15) is 38.0 Å². The summed E-state index contributed by atoms with van der Waals surface area (Å²) in [7, 11) is 2.46. The average molecular weight is 414 g/mol. The van der Waals surface area contributed by atoms with Gasteiger partial charge in [0.25, 0.3) is 17.4 Å². The van der Waals surface area contributed by atoms with Gasteiger partial charge in [-0.3, -0.25) is 33.2 Å². The van der Waals surface area contributed by atoms with Gasteiger partial charge in [0, 0.05) is 14.1 Å². The van der Waals surface area contributed by atoms with Gasteiger partial charge < -0.3 is 10.5 Å².